The summed E-state index contributed by atoms with van der Waals surface area (Å²) in [5.74, 6) is 1.16. The molecule has 6 nitrogen and oxygen atoms in total. The van der Waals surface area contributed by atoms with Crippen LogP contribution in [0.2, 0.25) is 0 Å². The number of ether oxygens (including phenoxy) is 2. The van der Waals surface area contributed by atoms with Gasteiger partial charge in [0.1, 0.15) is 6.54 Å². The Morgan fingerprint density at radius 2 is 1.65 bits per heavy atom. The second kappa shape index (κ2) is 12.8. The number of methoxy groups -OCH3 is 2. The van der Waals surface area contributed by atoms with E-state index in [1.165, 1.54) is 0 Å². The zero-order chi connectivity index (χ0) is 24.3. The second-order valence-corrected chi connectivity index (χ2v) is 8.96. The minimum atomic E-state index is -0.119. The van der Waals surface area contributed by atoms with Gasteiger partial charge in [-0.1, -0.05) is 37.3 Å². The highest BCUT2D eigenvalue weighted by atomic mass is 32.1. The third-order valence-electron chi connectivity index (χ3n) is 5.53. The fourth-order valence-corrected chi connectivity index (χ4v) is 4.45. The maximum absolute atomic E-state index is 13.4. The van der Waals surface area contributed by atoms with Crippen LogP contribution in [0.3, 0.4) is 0 Å². The van der Waals surface area contributed by atoms with Crippen molar-refractivity contribution in [1.82, 2.24) is 9.80 Å². The predicted molar refractivity (Wildman–Crippen MR) is 136 cm³/mol. The van der Waals surface area contributed by atoms with Crippen LogP contribution in [0.15, 0.2) is 66.0 Å². The van der Waals surface area contributed by atoms with Crippen molar-refractivity contribution in [2.75, 3.05) is 33.9 Å². The third-order valence-corrected chi connectivity index (χ3v) is 6.39. The van der Waals surface area contributed by atoms with Crippen molar-refractivity contribution in [3.8, 4) is 11.5 Å². The SMILES string of the molecule is CCCN(CC(=O)N(CCc1ccc(OC)c(OC)c1)Cc1cccs1)C(=O)c1ccccc1. The van der Waals surface area contributed by atoms with Gasteiger partial charge >= 0.3 is 0 Å². The molecule has 0 bridgehead atoms. The summed E-state index contributed by atoms with van der Waals surface area (Å²) in [6.45, 7) is 3.64. The monoisotopic (exact) mass is 480 g/mol. The number of amides is 2. The Hall–Kier alpha value is -3.32. The zero-order valence-corrected chi connectivity index (χ0v) is 20.8. The quantitative estimate of drug-likeness (QED) is 0.370. The van der Waals surface area contributed by atoms with Crippen molar-refractivity contribution in [1.29, 1.82) is 0 Å². The van der Waals surface area contributed by atoms with Gasteiger partial charge in [-0.15, -0.1) is 11.3 Å². The lowest BCUT2D eigenvalue weighted by molar-refractivity contribution is -0.132. The van der Waals surface area contributed by atoms with E-state index in [1.54, 1.807) is 42.6 Å². The molecular formula is C27H32N2O4S. The van der Waals surface area contributed by atoms with E-state index in [1.807, 2.05) is 65.7 Å². The molecule has 7 heteroatoms. The van der Waals surface area contributed by atoms with Gasteiger partial charge < -0.3 is 19.3 Å². The first kappa shape index (κ1) is 25.3. The summed E-state index contributed by atoms with van der Waals surface area (Å²) < 4.78 is 10.7. The number of rotatable bonds is 12. The first-order valence-electron chi connectivity index (χ1n) is 11.4. The van der Waals surface area contributed by atoms with Gasteiger partial charge in [0, 0.05) is 23.5 Å². The number of carbonyl (C=O) groups is 2. The molecule has 3 rings (SSSR count). The first-order valence-corrected chi connectivity index (χ1v) is 12.3. The molecule has 0 saturated heterocycles. The van der Waals surface area contributed by atoms with Crippen LogP contribution in [-0.2, 0) is 17.8 Å². The Bertz CT molecular complexity index is 1050. The number of hydrogen-bond donors (Lipinski definition) is 0. The van der Waals surface area contributed by atoms with E-state index in [0.717, 1.165) is 16.9 Å². The van der Waals surface area contributed by atoms with Crippen molar-refractivity contribution in [2.45, 2.75) is 26.3 Å². The van der Waals surface area contributed by atoms with Crippen LogP contribution < -0.4 is 9.47 Å². The van der Waals surface area contributed by atoms with Crippen LogP contribution in [0.4, 0.5) is 0 Å². The highest BCUT2D eigenvalue weighted by Gasteiger charge is 2.22. The lowest BCUT2D eigenvalue weighted by Crippen LogP contribution is -2.43. The normalized spacial score (nSPS) is 10.6. The fraction of sp³-hybridized carbons (Fsp3) is 0.333. The molecule has 0 saturated carbocycles. The molecule has 1 heterocycles. The highest BCUT2D eigenvalue weighted by Crippen LogP contribution is 2.28. The number of thiophene rings is 1. The van der Waals surface area contributed by atoms with E-state index in [9.17, 15) is 9.59 Å². The third kappa shape index (κ3) is 6.84. The van der Waals surface area contributed by atoms with Crippen molar-refractivity contribution < 1.29 is 19.1 Å². The van der Waals surface area contributed by atoms with Crippen molar-refractivity contribution >= 4 is 23.2 Å². The molecule has 0 aliphatic rings. The lowest BCUT2D eigenvalue weighted by Gasteiger charge is -2.27. The summed E-state index contributed by atoms with van der Waals surface area (Å²) >= 11 is 1.62. The van der Waals surface area contributed by atoms with Gasteiger partial charge in [-0.2, -0.15) is 0 Å². The van der Waals surface area contributed by atoms with E-state index in [4.69, 9.17) is 9.47 Å². The molecule has 3 aromatic rings. The topological polar surface area (TPSA) is 59.1 Å². The Morgan fingerprint density at radius 1 is 0.882 bits per heavy atom. The summed E-state index contributed by atoms with van der Waals surface area (Å²) in [6, 6.07) is 18.9. The number of carbonyl (C=O) groups excluding carboxylic acids is 2. The number of hydrogen-bond acceptors (Lipinski definition) is 5. The Morgan fingerprint density at radius 3 is 2.29 bits per heavy atom. The molecule has 0 aliphatic heterocycles. The molecule has 0 spiro atoms. The molecule has 34 heavy (non-hydrogen) atoms. The van der Waals surface area contributed by atoms with Gasteiger partial charge in [0.25, 0.3) is 5.91 Å². The summed E-state index contributed by atoms with van der Waals surface area (Å²) in [5, 5.41) is 2.01. The van der Waals surface area contributed by atoms with E-state index in [0.29, 0.717) is 43.1 Å². The van der Waals surface area contributed by atoms with E-state index in [2.05, 4.69) is 0 Å². The minimum absolute atomic E-state index is 0.0544. The van der Waals surface area contributed by atoms with E-state index in [-0.39, 0.29) is 18.4 Å². The van der Waals surface area contributed by atoms with E-state index >= 15 is 0 Å². The average molecular weight is 481 g/mol. The number of benzene rings is 2. The first-order chi connectivity index (χ1) is 16.5. The maximum atomic E-state index is 13.4. The lowest BCUT2D eigenvalue weighted by atomic mass is 10.1. The largest absolute Gasteiger partial charge is 0.493 e. The Labute approximate surface area is 205 Å². The molecule has 0 atom stereocenters. The van der Waals surface area contributed by atoms with Gasteiger partial charge in [-0.05, 0) is 54.1 Å². The van der Waals surface area contributed by atoms with Gasteiger partial charge in [-0.25, -0.2) is 0 Å². The average Bonchev–Trinajstić information content (AvgIpc) is 3.39. The van der Waals surface area contributed by atoms with E-state index < -0.39 is 0 Å². The Kier molecular flexibility index (Phi) is 9.52. The molecule has 0 radical (unpaired) electrons. The molecule has 0 unspecified atom stereocenters. The maximum Gasteiger partial charge on any atom is 0.254 e. The van der Waals surface area contributed by atoms with Crippen molar-refractivity contribution in [3.63, 3.8) is 0 Å². The molecule has 0 N–H and O–H groups in total. The summed E-state index contributed by atoms with van der Waals surface area (Å²) in [7, 11) is 3.22. The predicted octanol–water partition coefficient (Wildman–Crippen LogP) is 4.89. The van der Waals surface area contributed by atoms with Crippen LogP contribution in [0.1, 0.15) is 34.1 Å². The molecule has 180 valence electrons. The van der Waals surface area contributed by atoms with Gasteiger partial charge in [-0.3, -0.25) is 9.59 Å². The van der Waals surface area contributed by atoms with Crippen LogP contribution >= 0.6 is 11.3 Å². The standard InChI is InChI=1S/C27H32N2O4S/c1-4-15-29(27(31)22-9-6-5-7-10-22)20-26(30)28(19-23-11-8-17-34-23)16-14-21-12-13-24(32-2)25(18-21)33-3/h5-13,17-18H,4,14-16,19-20H2,1-3H3. The molecule has 0 aliphatic carbocycles. The van der Waals surface area contributed by atoms with Crippen molar-refractivity contribution in [2.24, 2.45) is 0 Å². The smallest absolute Gasteiger partial charge is 0.254 e. The van der Waals surface area contributed by atoms with Crippen molar-refractivity contribution in [3.05, 3.63) is 82.0 Å². The number of nitrogens with zero attached hydrogens (tertiary/aromatic N) is 2. The molecule has 2 amide bonds. The summed E-state index contributed by atoms with van der Waals surface area (Å²) in [6.07, 6.45) is 1.44. The van der Waals surface area contributed by atoms with Gasteiger partial charge in [0.15, 0.2) is 11.5 Å². The molecule has 0 fully saturated rings. The summed E-state index contributed by atoms with van der Waals surface area (Å²) in [5.41, 5.74) is 1.64. The zero-order valence-electron chi connectivity index (χ0n) is 20.0. The van der Waals surface area contributed by atoms with Crippen LogP contribution in [-0.4, -0.2) is 55.5 Å². The van der Waals surface area contributed by atoms with Crippen LogP contribution in [0.5, 0.6) is 11.5 Å². The van der Waals surface area contributed by atoms with Gasteiger partial charge in [0.05, 0.1) is 20.8 Å². The van der Waals surface area contributed by atoms with Crippen LogP contribution in [0.25, 0.3) is 0 Å². The van der Waals surface area contributed by atoms with Crippen LogP contribution in [0, 0.1) is 0 Å². The molecule has 1 aromatic heterocycles. The summed E-state index contributed by atoms with van der Waals surface area (Å²) in [4.78, 5) is 31.1. The Balaban J connectivity index is 1.74. The minimum Gasteiger partial charge on any atom is -0.493 e. The fourth-order valence-electron chi connectivity index (χ4n) is 3.73. The molecular weight excluding hydrogens is 448 g/mol. The highest BCUT2D eigenvalue weighted by molar-refractivity contribution is 7.09. The second-order valence-electron chi connectivity index (χ2n) is 7.93. The van der Waals surface area contributed by atoms with Gasteiger partial charge in [0.2, 0.25) is 5.91 Å². The molecule has 2 aromatic carbocycles.